The summed E-state index contributed by atoms with van der Waals surface area (Å²) >= 11 is 8.73. The number of anilines is 2. The van der Waals surface area contributed by atoms with E-state index < -0.39 is 11.8 Å². The Morgan fingerprint density at radius 1 is 1.18 bits per heavy atom. The molecule has 0 bridgehead atoms. The zero-order valence-corrected chi connectivity index (χ0v) is 21.9. The zero-order chi connectivity index (χ0) is 24.1. The molecule has 0 radical (unpaired) electrons. The largest absolute Gasteiger partial charge is 0.364 e. The number of halogens is 1. The number of carbonyl (C=O) groups is 2. The van der Waals surface area contributed by atoms with Crippen LogP contribution >= 0.6 is 28.1 Å². The standard InChI is InChI=1S/C26H28BrN3O2S/c1-15(2)30-22-10-9-17(11-20(22)16(3)14-26(30,4)5)12-21-23(31)28-25(33)29(24(21)32)19-8-6-7-18(27)13-19/h6-13,15-16H,14H2,1-5H3,(H,28,31,33)/b21-12+/t16-/m1/s1. The smallest absolute Gasteiger partial charge is 0.270 e. The zero-order valence-electron chi connectivity index (χ0n) is 19.5. The second-order valence-electron chi connectivity index (χ2n) is 9.64. The fourth-order valence-corrected chi connectivity index (χ4v) is 5.88. The highest BCUT2D eigenvalue weighted by atomic mass is 79.9. The number of thiocarbonyl (C=S) groups is 1. The van der Waals surface area contributed by atoms with Gasteiger partial charge < -0.3 is 4.90 Å². The highest BCUT2D eigenvalue weighted by Crippen LogP contribution is 2.44. The van der Waals surface area contributed by atoms with Crippen LogP contribution in [0.5, 0.6) is 0 Å². The molecule has 7 heteroatoms. The Hall–Kier alpha value is -2.51. The second-order valence-corrected chi connectivity index (χ2v) is 10.9. The monoisotopic (exact) mass is 525 g/mol. The van der Waals surface area contributed by atoms with Gasteiger partial charge in [-0.1, -0.05) is 35.0 Å². The molecule has 5 nitrogen and oxygen atoms in total. The van der Waals surface area contributed by atoms with Crippen molar-refractivity contribution in [1.29, 1.82) is 0 Å². The minimum absolute atomic E-state index is 0.0555. The van der Waals surface area contributed by atoms with Gasteiger partial charge in [-0.2, -0.15) is 0 Å². The molecule has 2 aliphatic rings. The summed E-state index contributed by atoms with van der Waals surface area (Å²) in [5.74, 6) is -0.547. The van der Waals surface area contributed by atoms with Gasteiger partial charge in [0, 0.05) is 21.7 Å². The Balaban J connectivity index is 1.74. The van der Waals surface area contributed by atoms with Gasteiger partial charge in [0.1, 0.15) is 5.57 Å². The number of fused-ring (bicyclic) bond motifs is 1. The number of rotatable bonds is 3. The van der Waals surface area contributed by atoms with Crippen LogP contribution in [-0.4, -0.2) is 28.5 Å². The van der Waals surface area contributed by atoms with Gasteiger partial charge >= 0.3 is 0 Å². The molecule has 2 heterocycles. The molecule has 33 heavy (non-hydrogen) atoms. The van der Waals surface area contributed by atoms with E-state index >= 15 is 0 Å². The SMILES string of the molecule is CC(C)N1c2ccc(/C=C3\C(=O)NC(=S)N(c4cccc(Br)c4)C3=O)cc2[C@H](C)CC1(C)C. The first kappa shape index (κ1) is 23.6. The average Bonchev–Trinajstić information content (AvgIpc) is 2.70. The van der Waals surface area contributed by atoms with E-state index in [1.807, 2.05) is 18.2 Å². The van der Waals surface area contributed by atoms with E-state index in [0.717, 1.165) is 16.5 Å². The Bertz CT molecular complexity index is 1190. The molecule has 1 fully saturated rings. The topological polar surface area (TPSA) is 52.7 Å². The number of amides is 2. The van der Waals surface area contributed by atoms with Crippen molar-refractivity contribution in [2.75, 3.05) is 9.80 Å². The first-order valence-corrected chi connectivity index (χ1v) is 12.3. The lowest BCUT2D eigenvalue weighted by atomic mass is 9.78. The molecule has 0 unspecified atom stereocenters. The van der Waals surface area contributed by atoms with Gasteiger partial charge in [0.2, 0.25) is 0 Å². The van der Waals surface area contributed by atoms with Crippen LogP contribution in [0.2, 0.25) is 0 Å². The van der Waals surface area contributed by atoms with Gasteiger partial charge in [0.25, 0.3) is 11.8 Å². The van der Waals surface area contributed by atoms with Crippen LogP contribution in [0.15, 0.2) is 52.5 Å². The third-order valence-electron chi connectivity index (χ3n) is 6.30. The Kier molecular flexibility index (Phi) is 6.22. The first-order valence-electron chi connectivity index (χ1n) is 11.1. The molecule has 0 aliphatic carbocycles. The van der Waals surface area contributed by atoms with Crippen molar-refractivity contribution >= 4 is 62.5 Å². The molecule has 1 atom stereocenters. The van der Waals surface area contributed by atoms with Crippen molar-refractivity contribution in [3.8, 4) is 0 Å². The van der Waals surface area contributed by atoms with Gasteiger partial charge in [-0.3, -0.25) is 19.8 Å². The second kappa shape index (κ2) is 8.69. The van der Waals surface area contributed by atoms with Gasteiger partial charge in [-0.05, 0) is 99.8 Å². The van der Waals surface area contributed by atoms with Crippen molar-refractivity contribution in [2.24, 2.45) is 0 Å². The normalized spacial score (nSPS) is 21.5. The van der Waals surface area contributed by atoms with E-state index in [0.29, 0.717) is 17.6 Å². The molecule has 2 aromatic carbocycles. The minimum atomic E-state index is -0.480. The molecule has 2 aliphatic heterocycles. The summed E-state index contributed by atoms with van der Waals surface area (Å²) < 4.78 is 0.819. The van der Waals surface area contributed by atoms with Gasteiger partial charge in [-0.25, -0.2) is 0 Å². The third-order valence-corrected chi connectivity index (χ3v) is 7.07. The third kappa shape index (κ3) is 4.36. The number of nitrogens with zero attached hydrogens (tertiary/aromatic N) is 2. The fourth-order valence-electron chi connectivity index (χ4n) is 5.21. The Labute approximate surface area is 209 Å². The predicted molar refractivity (Wildman–Crippen MR) is 142 cm³/mol. The lowest BCUT2D eigenvalue weighted by Crippen LogP contribution is -2.54. The average molecular weight is 527 g/mol. The van der Waals surface area contributed by atoms with Crippen molar-refractivity contribution in [3.63, 3.8) is 0 Å². The highest BCUT2D eigenvalue weighted by molar-refractivity contribution is 9.10. The van der Waals surface area contributed by atoms with Gasteiger partial charge in [-0.15, -0.1) is 0 Å². The van der Waals surface area contributed by atoms with E-state index in [1.165, 1.54) is 16.2 Å². The molecular weight excluding hydrogens is 498 g/mol. The maximum Gasteiger partial charge on any atom is 0.270 e. The highest BCUT2D eigenvalue weighted by Gasteiger charge is 2.38. The quantitative estimate of drug-likeness (QED) is 0.313. The maximum absolute atomic E-state index is 13.3. The number of hydrogen-bond acceptors (Lipinski definition) is 4. The van der Waals surface area contributed by atoms with Gasteiger partial charge in [0.05, 0.1) is 5.69 Å². The molecule has 0 saturated carbocycles. The number of benzene rings is 2. The molecular formula is C26H28BrN3O2S. The van der Waals surface area contributed by atoms with Gasteiger partial charge in [0.15, 0.2) is 5.11 Å². The lowest BCUT2D eigenvalue weighted by Gasteiger charge is -2.50. The lowest BCUT2D eigenvalue weighted by molar-refractivity contribution is -0.122. The van der Waals surface area contributed by atoms with E-state index in [-0.39, 0.29) is 16.2 Å². The van der Waals surface area contributed by atoms with Crippen molar-refractivity contribution in [3.05, 3.63) is 63.6 Å². The van der Waals surface area contributed by atoms with Crippen LogP contribution in [0.1, 0.15) is 58.1 Å². The predicted octanol–water partition coefficient (Wildman–Crippen LogP) is 5.78. The molecule has 0 aromatic heterocycles. The Morgan fingerprint density at radius 2 is 1.91 bits per heavy atom. The summed E-state index contributed by atoms with van der Waals surface area (Å²) in [5.41, 5.74) is 3.99. The summed E-state index contributed by atoms with van der Waals surface area (Å²) in [4.78, 5) is 29.9. The van der Waals surface area contributed by atoms with Crippen LogP contribution in [0.25, 0.3) is 6.08 Å². The van der Waals surface area contributed by atoms with E-state index in [2.05, 4.69) is 72.9 Å². The van der Waals surface area contributed by atoms with E-state index in [1.54, 1.807) is 18.2 Å². The molecule has 2 amide bonds. The fraction of sp³-hybridized carbons (Fsp3) is 0.346. The van der Waals surface area contributed by atoms with Crippen molar-refractivity contribution < 1.29 is 9.59 Å². The van der Waals surface area contributed by atoms with Crippen LogP contribution in [-0.2, 0) is 9.59 Å². The minimum Gasteiger partial charge on any atom is -0.364 e. The van der Waals surface area contributed by atoms with Crippen LogP contribution < -0.4 is 15.1 Å². The first-order chi connectivity index (χ1) is 15.5. The summed E-state index contributed by atoms with van der Waals surface area (Å²) in [7, 11) is 0. The van der Waals surface area contributed by atoms with Crippen molar-refractivity contribution in [1.82, 2.24) is 5.32 Å². The Morgan fingerprint density at radius 3 is 2.58 bits per heavy atom. The summed E-state index contributed by atoms with van der Waals surface area (Å²) in [6, 6.07) is 13.8. The summed E-state index contributed by atoms with van der Waals surface area (Å²) in [6.07, 6.45) is 2.69. The van der Waals surface area contributed by atoms with Crippen molar-refractivity contribution in [2.45, 2.75) is 58.5 Å². The molecule has 1 saturated heterocycles. The molecule has 0 spiro atoms. The summed E-state index contributed by atoms with van der Waals surface area (Å²) in [6.45, 7) is 11.2. The van der Waals surface area contributed by atoms with E-state index in [9.17, 15) is 9.59 Å². The number of nitrogens with one attached hydrogen (secondary N) is 1. The number of carbonyl (C=O) groups excluding carboxylic acids is 2. The van der Waals surface area contributed by atoms with Crippen LogP contribution in [0, 0.1) is 0 Å². The number of hydrogen-bond donors (Lipinski definition) is 1. The summed E-state index contributed by atoms with van der Waals surface area (Å²) in [5, 5.41) is 2.74. The van der Waals surface area contributed by atoms with E-state index in [4.69, 9.17) is 12.2 Å². The molecule has 2 aromatic rings. The molecule has 4 rings (SSSR count). The van der Waals surface area contributed by atoms with Crippen LogP contribution in [0.4, 0.5) is 11.4 Å². The molecule has 172 valence electrons. The maximum atomic E-state index is 13.3. The van der Waals surface area contributed by atoms with Crippen LogP contribution in [0.3, 0.4) is 0 Å². The molecule has 1 N–H and O–H groups in total.